The standard InChI is InChI=1S/C16H13F3N4O2S/c1-8(2)23-13-12(7-21-23)11(14(24)25)5-9(22-13)3-4-10-6-20-15(26-10)16(17,18)19/h3-8H,1-2H3,(H,24,25)/b4-3+. The molecule has 0 aliphatic rings. The summed E-state index contributed by atoms with van der Waals surface area (Å²) in [4.78, 5) is 19.5. The predicted molar refractivity (Wildman–Crippen MR) is 90.9 cm³/mol. The van der Waals surface area contributed by atoms with Gasteiger partial charge in [-0.05, 0) is 32.1 Å². The van der Waals surface area contributed by atoms with E-state index in [4.69, 9.17) is 0 Å². The van der Waals surface area contributed by atoms with Crippen molar-refractivity contribution in [3.8, 4) is 0 Å². The summed E-state index contributed by atoms with van der Waals surface area (Å²) in [5.41, 5.74) is 0.737. The third-order valence-corrected chi connectivity index (χ3v) is 4.50. The van der Waals surface area contributed by atoms with Gasteiger partial charge in [-0.15, -0.1) is 11.3 Å². The van der Waals surface area contributed by atoms with Gasteiger partial charge in [-0.3, -0.25) is 0 Å². The minimum atomic E-state index is -4.49. The van der Waals surface area contributed by atoms with Crippen molar-refractivity contribution >= 4 is 40.5 Å². The number of rotatable bonds is 4. The number of hydrogen-bond acceptors (Lipinski definition) is 5. The van der Waals surface area contributed by atoms with E-state index in [1.54, 1.807) is 4.68 Å². The average molecular weight is 382 g/mol. The van der Waals surface area contributed by atoms with Gasteiger partial charge in [-0.1, -0.05) is 0 Å². The van der Waals surface area contributed by atoms with Gasteiger partial charge in [-0.25, -0.2) is 19.4 Å². The summed E-state index contributed by atoms with van der Waals surface area (Å²) in [5, 5.41) is 13.0. The van der Waals surface area contributed by atoms with Crippen LogP contribution >= 0.6 is 11.3 Å². The molecule has 0 unspecified atom stereocenters. The quantitative estimate of drug-likeness (QED) is 0.725. The highest BCUT2D eigenvalue weighted by molar-refractivity contribution is 7.12. The number of carboxylic acids is 1. The molecule has 0 aliphatic carbocycles. The molecule has 0 radical (unpaired) electrons. The van der Waals surface area contributed by atoms with Crippen LogP contribution in [0.3, 0.4) is 0 Å². The normalized spacial score (nSPS) is 12.5. The lowest BCUT2D eigenvalue weighted by molar-refractivity contribution is -0.137. The zero-order chi connectivity index (χ0) is 19.1. The van der Waals surface area contributed by atoms with Crippen LogP contribution in [0.4, 0.5) is 13.2 Å². The molecule has 26 heavy (non-hydrogen) atoms. The van der Waals surface area contributed by atoms with Crippen molar-refractivity contribution in [1.29, 1.82) is 0 Å². The number of alkyl halides is 3. The lowest BCUT2D eigenvalue weighted by Crippen LogP contribution is -2.05. The van der Waals surface area contributed by atoms with Gasteiger partial charge in [0.1, 0.15) is 0 Å². The molecule has 0 atom stereocenters. The zero-order valence-corrected chi connectivity index (χ0v) is 14.5. The zero-order valence-electron chi connectivity index (χ0n) is 13.7. The molecule has 3 aromatic heterocycles. The molecular formula is C16H13F3N4O2S. The fourth-order valence-corrected chi connectivity index (χ4v) is 3.03. The molecule has 1 N–H and O–H groups in total. The minimum absolute atomic E-state index is 0.0295. The van der Waals surface area contributed by atoms with Crippen LogP contribution in [0.5, 0.6) is 0 Å². The highest BCUT2D eigenvalue weighted by atomic mass is 32.1. The summed E-state index contributed by atoms with van der Waals surface area (Å²) in [7, 11) is 0. The first-order valence-corrected chi connectivity index (χ1v) is 8.31. The van der Waals surface area contributed by atoms with Crippen molar-refractivity contribution in [2.45, 2.75) is 26.1 Å². The first-order chi connectivity index (χ1) is 12.2. The Morgan fingerprint density at radius 3 is 2.62 bits per heavy atom. The molecule has 0 aromatic carbocycles. The van der Waals surface area contributed by atoms with Crippen LogP contribution in [0.1, 0.15) is 45.8 Å². The first-order valence-electron chi connectivity index (χ1n) is 7.49. The number of carbonyl (C=O) groups is 1. The highest BCUT2D eigenvalue weighted by Crippen LogP contribution is 2.33. The van der Waals surface area contributed by atoms with E-state index in [-0.39, 0.29) is 16.5 Å². The number of aromatic carboxylic acids is 1. The lowest BCUT2D eigenvalue weighted by atomic mass is 10.1. The average Bonchev–Trinajstić information content (AvgIpc) is 3.18. The van der Waals surface area contributed by atoms with Gasteiger partial charge in [-0.2, -0.15) is 18.3 Å². The number of halogens is 3. The van der Waals surface area contributed by atoms with E-state index >= 15 is 0 Å². The maximum absolute atomic E-state index is 12.6. The molecule has 3 rings (SSSR count). The second-order valence-corrected chi connectivity index (χ2v) is 6.78. The topological polar surface area (TPSA) is 80.9 Å². The van der Waals surface area contributed by atoms with Gasteiger partial charge in [0.15, 0.2) is 10.7 Å². The van der Waals surface area contributed by atoms with E-state index in [1.807, 2.05) is 13.8 Å². The maximum Gasteiger partial charge on any atom is 0.443 e. The molecule has 0 saturated carbocycles. The Labute approximate surface area is 149 Å². The fraction of sp³-hybridized carbons (Fsp3) is 0.250. The van der Waals surface area contributed by atoms with E-state index < -0.39 is 17.2 Å². The number of hydrogen-bond donors (Lipinski definition) is 1. The maximum atomic E-state index is 12.6. The summed E-state index contributed by atoms with van der Waals surface area (Å²) in [5.74, 6) is -1.13. The number of nitrogens with zero attached hydrogens (tertiary/aromatic N) is 4. The molecule has 0 bridgehead atoms. The van der Waals surface area contributed by atoms with Gasteiger partial charge in [0.2, 0.25) is 0 Å². The largest absolute Gasteiger partial charge is 0.478 e. The monoisotopic (exact) mass is 382 g/mol. The number of carboxylic acid groups (broad SMARTS) is 1. The Morgan fingerprint density at radius 2 is 2.04 bits per heavy atom. The Kier molecular flexibility index (Phi) is 4.53. The van der Waals surface area contributed by atoms with Crippen molar-refractivity contribution in [3.05, 3.63) is 39.6 Å². The van der Waals surface area contributed by atoms with Crippen LogP contribution in [0.25, 0.3) is 23.2 Å². The van der Waals surface area contributed by atoms with Gasteiger partial charge in [0.05, 0.1) is 22.8 Å². The van der Waals surface area contributed by atoms with Crippen molar-refractivity contribution in [3.63, 3.8) is 0 Å². The molecule has 3 aromatic rings. The highest BCUT2D eigenvalue weighted by Gasteiger charge is 2.34. The summed E-state index contributed by atoms with van der Waals surface area (Å²) >= 11 is 0.498. The van der Waals surface area contributed by atoms with Crippen LogP contribution < -0.4 is 0 Å². The van der Waals surface area contributed by atoms with Crippen LogP contribution in [-0.2, 0) is 6.18 Å². The van der Waals surface area contributed by atoms with Gasteiger partial charge >= 0.3 is 12.1 Å². The first kappa shape index (κ1) is 18.1. The Morgan fingerprint density at radius 1 is 1.31 bits per heavy atom. The second kappa shape index (κ2) is 6.52. The summed E-state index contributed by atoms with van der Waals surface area (Å²) in [6.45, 7) is 3.76. The van der Waals surface area contributed by atoms with Gasteiger partial charge < -0.3 is 5.11 Å². The molecule has 0 amide bonds. The Balaban J connectivity index is 2.03. The minimum Gasteiger partial charge on any atom is -0.478 e. The molecule has 0 spiro atoms. The molecular weight excluding hydrogens is 369 g/mol. The van der Waals surface area contributed by atoms with E-state index in [0.29, 0.717) is 28.1 Å². The van der Waals surface area contributed by atoms with Crippen LogP contribution in [0.15, 0.2) is 18.5 Å². The van der Waals surface area contributed by atoms with E-state index in [2.05, 4.69) is 15.1 Å². The predicted octanol–water partition coefficient (Wildman–Crippen LogP) is 4.36. The fourth-order valence-electron chi connectivity index (χ4n) is 2.34. The van der Waals surface area contributed by atoms with E-state index in [9.17, 15) is 23.1 Å². The third kappa shape index (κ3) is 3.45. The molecule has 6 nitrogen and oxygen atoms in total. The van der Waals surface area contributed by atoms with Gasteiger partial charge in [0.25, 0.3) is 0 Å². The molecule has 0 fully saturated rings. The molecule has 136 valence electrons. The van der Waals surface area contributed by atoms with Crippen LogP contribution in [0, 0.1) is 0 Å². The van der Waals surface area contributed by atoms with Crippen molar-refractivity contribution < 1.29 is 23.1 Å². The lowest BCUT2D eigenvalue weighted by Gasteiger charge is -2.07. The molecule has 0 aliphatic heterocycles. The number of aromatic nitrogens is 4. The molecule has 10 heteroatoms. The van der Waals surface area contributed by atoms with Crippen LogP contribution in [-0.4, -0.2) is 30.8 Å². The number of thiazole rings is 1. The van der Waals surface area contributed by atoms with Crippen molar-refractivity contribution in [2.75, 3.05) is 0 Å². The second-order valence-electron chi connectivity index (χ2n) is 5.72. The number of pyridine rings is 1. The van der Waals surface area contributed by atoms with Crippen LogP contribution in [0.2, 0.25) is 0 Å². The summed E-state index contributed by atoms with van der Waals surface area (Å²) < 4.78 is 39.4. The Bertz CT molecular complexity index is 1000. The third-order valence-electron chi connectivity index (χ3n) is 3.49. The summed E-state index contributed by atoms with van der Waals surface area (Å²) in [6.07, 6.45) is 0.936. The van der Waals surface area contributed by atoms with E-state index in [1.165, 1.54) is 24.4 Å². The molecule has 3 heterocycles. The SMILES string of the molecule is CC(C)n1ncc2c(C(=O)O)cc(/C=C/c3cnc(C(F)(F)F)s3)nc21. The van der Waals surface area contributed by atoms with E-state index in [0.717, 1.165) is 6.20 Å². The van der Waals surface area contributed by atoms with Crippen molar-refractivity contribution in [1.82, 2.24) is 19.7 Å². The summed E-state index contributed by atoms with van der Waals surface area (Å²) in [6, 6.07) is 1.33. The van der Waals surface area contributed by atoms with Crippen molar-refractivity contribution in [2.24, 2.45) is 0 Å². The number of fused-ring (bicyclic) bond motifs is 1. The molecule has 0 saturated heterocycles. The van der Waals surface area contributed by atoms with Gasteiger partial charge in [0, 0.05) is 17.1 Å². The Hall–Kier alpha value is -2.75. The smallest absolute Gasteiger partial charge is 0.443 e.